The highest BCUT2D eigenvalue weighted by atomic mass is 19.1. The average molecular weight is 505 g/mol. The fraction of sp³-hybridized carbons (Fsp3) is 0.200. The van der Waals surface area contributed by atoms with Gasteiger partial charge in [-0.05, 0) is 42.0 Å². The maximum atomic E-state index is 14.5. The van der Waals surface area contributed by atoms with Crippen molar-refractivity contribution < 1.29 is 18.4 Å². The Kier molecular flexibility index (Phi) is 6.56. The van der Waals surface area contributed by atoms with Crippen LogP contribution in [0.4, 0.5) is 33.2 Å². The molecule has 37 heavy (non-hydrogen) atoms. The van der Waals surface area contributed by atoms with Gasteiger partial charge in [0.05, 0.1) is 11.9 Å². The molecular weight excluding hydrogens is 479 g/mol. The number of benzene rings is 2. The predicted octanol–water partition coefficient (Wildman–Crippen LogP) is 3.17. The van der Waals surface area contributed by atoms with Crippen molar-refractivity contribution in [1.29, 1.82) is 0 Å². The van der Waals surface area contributed by atoms with Crippen LogP contribution in [0.1, 0.15) is 22.5 Å². The molecule has 0 saturated heterocycles. The third-order valence-electron chi connectivity index (χ3n) is 5.91. The smallest absolute Gasteiger partial charge is 0.286 e. The number of carbonyl (C=O) groups excluding carboxylic acids is 2. The van der Waals surface area contributed by atoms with Crippen molar-refractivity contribution >= 4 is 51.6 Å². The van der Waals surface area contributed by atoms with Crippen LogP contribution in [0.3, 0.4) is 0 Å². The van der Waals surface area contributed by atoms with E-state index in [0.717, 1.165) is 17.4 Å². The quantitative estimate of drug-likeness (QED) is 0.245. The molecule has 2 amide bonds. The summed E-state index contributed by atoms with van der Waals surface area (Å²) in [6.07, 6.45) is 1.44. The van der Waals surface area contributed by atoms with Crippen LogP contribution in [0.25, 0.3) is 11.0 Å². The molecule has 5 rings (SSSR count). The normalized spacial score (nSPS) is 12.4. The number of nitrogens with zero attached hydrogens (tertiary/aromatic N) is 3. The second-order valence-corrected chi connectivity index (χ2v) is 8.34. The van der Waals surface area contributed by atoms with Gasteiger partial charge in [-0.15, -0.1) is 0 Å². The number of fused-ring (bicyclic) bond motifs is 2. The lowest BCUT2D eigenvalue weighted by Gasteiger charge is -2.19. The first-order valence-corrected chi connectivity index (χ1v) is 11.6. The molecule has 4 aromatic rings. The Morgan fingerprint density at radius 2 is 1.89 bits per heavy atom. The van der Waals surface area contributed by atoms with Crippen LogP contribution in [0.5, 0.6) is 0 Å². The van der Waals surface area contributed by atoms with Crippen LogP contribution >= 0.6 is 0 Å². The summed E-state index contributed by atoms with van der Waals surface area (Å²) in [5.41, 5.74) is 7.12. The summed E-state index contributed by atoms with van der Waals surface area (Å²) in [5.74, 6) is -0.614. The van der Waals surface area contributed by atoms with Gasteiger partial charge in [-0.2, -0.15) is 4.98 Å². The van der Waals surface area contributed by atoms with Gasteiger partial charge in [0.2, 0.25) is 11.9 Å². The molecule has 0 unspecified atom stereocenters. The van der Waals surface area contributed by atoms with Crippen molar-refractivity contribution in [2.24, 2.45) is 0 Å². The van der Waals surface area contributed by atoms with E-state index in [1.165, 1.54) is 7.05 Å². The van der Waals surface area contributed by atoms with Crippen molar-refractivity contribution in [3.8, 4) is 0 Å². The topological polar surface area (TPSA) is 136 Å². The molecule has 2 aromatic heterocycles. The van der Waals surface area contributed by atoms with E-state index in [2.05, 4.69) is 36.7 Å². The van der Waals surface area contributed by atoms with Gasteiger partial charge in [0.25, 0.3) is 5.91 Å². The van der Waals surface area contributed by atoms with E-state index in [0.29, 0.717) is 41.9 Å². The van der Waals surface area contributed by atoms with Crippen molar-refractivity contribution in [1.82, 2.24) is 26.0 Å². The van der Waals surface area contributed by atoms with Gasteiger partial charge in [-0.3, -0.25) is 9.59 Å². The highest BCUT2D eigenvalue weighted by Crippen LogP contribution is 2.30. The molecule has 5 N–H and O–H groups in total. The average Bonchev–Trinajstić information content (AvgIpc) is 3.52. The van der Waals surface area contributed by atoms with Gasteiger partial charge < -0.3 is 30.7 Å². The van der Waals surface area contributed by atoms with E-state index in [1.807, 2.05) is 23.2 Å². The number of hydrogen-bond donors (Lipinski definition) is 5. The summed E-state index contributed by atoms with van der Waals surface area (Å²) >= 11 is 0. The summed E-state index contributed by atoms with van der Waals surface area (Å²) in [6, 6.07) is 12.5. The third-order valence-corrected chi connectivity index (χ3v) is 5.91. The van der Waals surface area contributed by atoms with Crippen LogP contribution < -0.4 is 31.7 Å². The number of hydrazine groups is 1. The van der Waals surface area contributed by atoms with Gasteiger partial charge in [0, 0.05) is 50.4 Å². The van der Waals surface area contributed by atoms with E-state index < -0.39 is 5.82 Å². The molecule has 190 valence electrons. The SMILES string of the molecule is CNC(=O)CCN1NCc2ccc(Nc3ncc(F)c(Nc4ccc5oc(C(=O)NC)cc5c4)n3)cc21. The van der Waals surface area contributed by atoms with Gasteiger partial charge in [0.1, 0.15) is 5.58 Å². The summed E-state index contributed by atoms with van der Waals surface area (Å²) in [4.78, 5) is 31.8. The molecular formula is C25H25FN8O3. The summed E-state index contributed by atoms with van der Waals surface area (Å²) in [5, 5.41) is 13.8. The number of hydrogen-bond acceptors (Lipinski definition) is 9. The van der Waals surface area contributed by atoms with Crippen LogP contribution in [-0.2, 0) is 11.3 Å². The fourth-order valence-electron chi connectivity index (χ4n) is 3.98. The maximum Gasteiger partial charge on any atom is 0.286 e. The zero-order chi connectivity index (χ0) is 25.9. The van der Waals surface area contributed by atoms with Crippen molar-refractivity contribution in [3.05, 3.63) is 65.8 Å². The molecule has 0 aliphatic carbocycles. The minimum absolute atomic E-state index is 0.0121. The van der Waals surface area contributed by atoms with E-state index in [1.54, 1.807) is 31.3 Å². The minimum Gasteiger partial charge on any atom is -0.451 e. The molecule has 1 aliphatic rings. The summed E-state index contributed by atoms with van der Waals surface area (Å²) in [7, 11) is 3.13. The minimum atomic E-state index is -0.623. The second kappa shape index (κ2) is 10.1. The number of halogens is 1. The molecule has 0 fully saturated rings. The Balaban J connectivity index is 1.32. The first kappa shape index (κ1) is 24.0. The van der Waals surface area contributed by atoms with Gasteiger partial charge in [-0.1, -0.05) is 6.07 Å². The van der Waals surface area contributed by atoms with E-state index in [4.69, 9.17) is 4.42 Å². The molecule has 11 nitrogen and oxygen atoms in total. The van der Waals surface area contributed by atoms with Gasteiger partial charge in [0.15, 0.2) is 17.4 Å². The molecule has 0 bridgehead atoms. The second-order valence-electron chi connectivity index (χ2n) is 8.34. The maximum absolute atomic E-state index is 14.5. The van der Waals surface area contributed by atoms with Crippen LogP contribution in [0, 0.1) is 5.82 Å². The standard InChI is InChI=1S/C25H25FN8O3/c1-27-22(35)7-8-34-19-11-17(4-3-14(19)12-30-34)32-25-29-13-18(26)23(33-25)31-16-5-6-20-15(9-16)10-21(37-20)24(36)28-2/h3-6,9-11,13,30H,7-8,12H2,1-2H3,(H,27,35)(H,28,36)(H2,29,31,32,33). The van der Waals surface area contributed by atoms with E-state index in [-0.39, 0.29) is 29.3 Å². The molecule has 0 spiro atoms. The lowest BCUT2D eigenvalue weighted by atomic mass is 10.1. The molecule has 3 heterocycles. The molecule has 12 heteroatoms. The number of amides is 2. The summed E-state index contributed by atoms with van der Waals surface area (Å²) < 4.78 is 20.1. The van der Waals surface area contributed by atoms with Crippen molar-refractivity contribution in [2.75, 3.05) is 36.3 Å². The fourth-order valence-corrected chi connectivity index (χ4v) is 3.98. The number of aromatic nitrogens is 2. The van der Waals surface area contributed by atoms with E-state index in [9.17, 15) is 14.0 Å². The van der Waals surface area contributed by atoms with Crippen LogP contribution in [0.2, 0.25) is 0 Å². The van der Waals surface area contributed by atoms with Crippen LogP contribution in [-0.4, -0.2) is 42.4 Å². The molecule has 0 atom stereocenters. The monoisotopic (exact) mass is 504 g/mol. The Labute approximate surface area is 211 Å². The highest BCUT2D eigenvalue weighted by molar-refractivity contribution is 5.96. The Hall–Kier alpha value is -4.71. The molecule has 0 radical (unpaired) electrons. The largest absolute Gasteiger partial charge is 0.451 e. The lowest BCUT2D eigenvalue weighted by molar-refractivity contribution is -0.120. The zero-order valence-electron chi connectivity index (χ0n) is 20.2. The Morgan fingerprint density at radius 3 is 2.70 bits per heavy atom. The van der Waals surface area contributed by atoms with Gasteiger partial charge in [-0.25, -0.2) is 14.8 Å². The number of nitrogens with one attached hydrogen (secondary N) is 5. The van der Waals surface area contributed by atoms with Crippen molar-refractivity contribution in [2.45, 2.75) is 13.0 Å². The first-order valence-electron chi connectivity index (χ1n) is 11.6. The molecule has 1 aliphatic heterocycles. The number of rotatable bonds is 8. The number of anilines is 5. The highest BCUT2D eigenvalue weighted by Gasteiger charge is 2.20. The Morgan fingerprint density at radius 1 is 1.08 bits per heavy atom. The zero-order valence-corrected chi connectivity index (χ0v) is 20.2. The Bertz CT molecular complexity index is 1490. The lowest BCUT2D eigenvalue weighted by Crippen LogP contribution is -2.35. The van der Waals surface area contributed by atoms with E-state index >= 15 is 0 Å². The molecule has 2 aromatic carbocycles. The van der Waals surface area contributed by atoms with Crippen molar-refractivity contribution in [3.63, 3.8) is 0 Å². The van der Waals surface area contributed by atoms with Gasteiger partial charge >= 0.3 is 0 Å². The summed E-state index contributed by atoms with van der Waals surface area (Å²) in [6.45, 7) is 1.18. The number of furan rings is 1. The molecule has 0 saturated carbocycles. The predicted molar refractivity (Wildman–Crippen MR) is 137 cm³/mol. The number of carbonyl (C=O) groups is 2. The first-order chi connectivity index (χ1) is 17.9. The third kappa shape index (κ3) is 5.14. The van der Waals surface area contributed by atoms with Crippen LogP contribution in [0.15, 0.2) is 53.1 Å².